The van der Waals surface area contributed by atoms with Crippen LogP contribution in [0.15, 0.2) is 45.7 Å². The van der Waals surface area contributed by atoms with Crippen LogP contribution in [0.5, 0.6) is 0 Å². The minimum absolute atomic E-state index is 0.220. The number of amides is 1. The van der Waals surface area contributed by atoms with Gasteiger partial charge in [-0.05, 0) is 42.8 Å². The topological polar surface area (TPSA) is 70.8 Å². The van der Waals surface area contributed by atoms with E-state index in [0.29, 0.717) is 34.8 Å². The smallest absolute Gasteiger partial charge is 0.326 e. The average molecular weight is 405 g/mol. The van der Waals surface area contributed by atoms with Crippen molar-refractivity contribution >= 4 is 46.3 Å². The van der Waals surface area contributed by atoms with Gasteiger partial charge < -0.3 is 9.52 Å². The fourth-order valence-electron chi connectivity index (χ4n) is 2.71. The molecule has 0 bridgehead atoms. The van der Waals surface area contributed by atoms with Crippen molar-refractivity contribution in [3.8, 4) is 11.3 Å². The van der Waals surface area contributed by atoms with Gasteiger partial charge in [0, 0.05) is 11.6 Å². The second-order valence-electron chi connectivity index (χ2n) is 5.90. The Bertz CT molecular complexity index is 920. The molecule has 3 rings (SSSR count). The zero-order chi connectivity index (χ0) is 19.6. The molecule has 2 aromatic rings. The molecule has 140 valence electrons. The fourth-order valence-corrected chi connectivity index (χ4v) is 4.05. The monoisotopic (exact) mass is 405 g/mol. The molecular weight excluding hydrogens is 389 g/mol. The quantitative estimate of drug-likeness (QED) is 0.562. The lowest BCUT2D eigenvalue weighted by atomic mass is 10.1. The predicted molar refractivity (Wildman–Crippen MR) is 105 cm³/mol. The highest BCUT2D eigenvalue weighted by atomic mass is 32.2. The number of aliphatic carboxylic acids is 1. The van der Waals surface area contributed by atoms with Gasteiger partial charge in [-0.2, -0.15) is 0 Å². The third-order valence-corrected chi connectivity index (χ3v) is 5.34. The molecule has 1 aliphatic heterocycles. The summed E-state index contributed by atoms with van der Waals surface area (Å²) in [5.41, 5.74) is 0.706. The lowest BCUT2D eigenvalue weighted by molar-refractivity contribution is -0.145. The van der Waals surface area contributed by atoms with E-state index in [4.69, 9.17) is 16.6 Å². The van der Waals surface area contributed by atoms with Gasteiger partial charge in [-0.3, -0.25) is 9.69 Å². The van der Waals surface area contributed by atoms with Crippen LogP contribution in [0.4, 0.5) is 4.39 Å². The molecule has 1 saturated heterocycles. The summed E-state index contributed by atoms with van der Waals surface area (Å²) < 4.78 is 19.0. The maximum absolute atomic E-state index is 13.0. The maximum Gasteiger partial charge on any atom is 0.326 e. The standard InChI is InChI=1S/C19H16FNO4S2/c1-2-3-14(18(23)24)21-17(22)16(27-19(21)26)10-13-8-9-15(25-13)11-4-6-12(20)7-5-11/h4-10,14H,2-3H2,1H3,(H,23,24)/b16-10-/t14-/m0/s1. The predicted octanol–water partition coefficient (Wildman–Crippen LogP) is 4.54. The molecule has 8 heteroatoms. The normalized spacial score (nSPS) is 17.0. The van der Waals surface area contributed by atoms with Crippen molar-refractivity contribution in [3.05, 3.63) is 52.9 Å². The number of carbonyl (C=O) groups excluding carboxylic acids is 1. The van der Waals surface area contributed by atoms with Crippen molar-refractivity contribution in [2.24, 2.45) is 0 Å². The van der Waals surface area contributed by atoms with E-state index in [2.05, 4.69) is 0 Å². The van der Waals surface area contributed by atoms with Crippen LogP contribution in [0, 0.1) is 5.82 Å². The van der Waals surface area contributed by atoms with Gasteiger partial charge in [-0.15, -0.1) is 0 Å². The van der Waals surface area contributed by atoms with E-state index in [-0.39, 0.29) is 10.1 Å². The van der Waals surface area contributed by atoms with Crippen LogP contribution in [0.1, 0.15) is 25.5 Å². The molecule has 0 radical (unpaired) electrons. The van der Waals surface area contributed by atoms with Crippen molar-refractivity contribution in [2.75, 3.05) is 0 Å². The average Bonchev–Trinajstić information content (AvgIpc) is 3.19. The fraction of sp³-hybridized carbons (Fsp3) is 0.211. The summed E-state index contributed by atoms with van der Waals surface area (Å²) in [6.45, 7) is 1.85. The highest BCUT2D eigenvalue weighted by Gasteiger charge is 2.40. The van der Waals surface area contributed by atoms with Crippen LogP contribution in [0.3, 0.4) is 0 Å². The summed E-state index contributed by atoms with van der Waals surface area (Å²) in [6.07, 6.45) is 2.48. The van der Waals surface area contributed by atoms with Crippen LogP contribution in [0.2, 0.25) is 0 Å². The van der Waals surface area contributed by atoms with E-state index < -0.39 is 17.9 Å². The molecule has 5 nitrogen and oxygen atoms in total. The minimum Gasteiger partial charge on any atom is -0.480 e. The number of nitrogens with zero attached hydrogens (tertiary/aromatic N) is 1. The molecule has 27 heavy (non-hydrogen) atoms. The summed E-state index contributed by atoms with van der Waals surface area (Å²) in [6, 6.07) is 8.30. The molecule has 2 heterocycles. The Labute approximate surface area is 164 Å². The number of thiocarbonyl (C=S) groups is 1. The van der Waals surface area contributed by atoms with Crippen LogP contribution in [0.25, 0.3) is 17.4 Å². The van der Waals surface area contributed by atoms with Gasteiger partial charge in [0.05, 0.1) is 4.91 Å². The van der Waals surface area contributed by atoms with Crippen molar-refractivity contribution < 1.29 is 23.5 Å². The summed E-state index contributed by atoms with van der Waals surface area (Å²) in [5.74, 6) is -0.894. The number of thioether (sulfide) groups is 1. The summed E-state index contributed by atoms with van der Waals surface area (Å²) in [4.78, 5) is 25.6. The number of halogens is 1. The van der Waals surface area contributed by atoms with Crippen LogP contribution in [-0.4, -0.2) is 32.2 Å². The maximum atomic E-state index is 13.0. The molecule has 1 aliphatic rings. The number of benzene rings is 1. The Morgan fingerprint density at radius 1 is 1.33 bits per heavy atom. The SMILES string of the molecule is CCC[C@@H](C(=O)O)N1C(=O)/C(=C/c2ccc(-c3ccc(F)cc3)o2)SC1=S. The summed E-state index contributed by atoms with van der Waals surface area (Å²) in [7, 11) is 0. The summed E-state index contributed by atoms with van der Waals surface area (Å²) in [5, 5.41) is 9.40. The van der Waals surface area contributed by atoms with Gasteiger partial charge in [0.25, 0.3) is 5.91 Å². The van der Waals surface area contributed by atoms with E-state index in [1.54, 1.807) is 24.3 Å². The first-order valence-corrected chi connectivity index (χ1v) is 9.49. The third kappa shape index (κ3) is 4.12. The number of hydrogen-bond acceptors (Lipinski definition) is 5. The second-order valence-corrected chi connectivity index (χ2v) is 7.58. The molecule has 1 amide bonds. The first kappa shape index (κ1) is 19.3. The van der Waals surface area contributed by atoms with Crippen molar-refractivity contribution in [1.82, 2.24) is 4.90 Å². The Morgan fingerprint density at radius 3 is 2.67 bits per heavy atom. The molecule has 1 N–H and O–H groups in total. The zero-order valence-corrected chi connectivity index (χ0v) is 16.0. The van der Waals surface area contributed by atoms with E-state index in [1.165, 1.54) is 18.2 Å². The van der Waals surface area contributed by atoms with E-state index in [0.717, 1.165) is 16.7 Å². The van der Waals surface area contributed by atoms with Gasteiger partial charge in [0.15, 0.2) is 0 Å². The largest absolute Gasteiger partial charge is 0.480 e. The number of rotatable bonds is 6. The lowest BCUT2D eigenvalue weighted by Gasteiger charge is -2.22. The van der Waals surface area contributed by atoms with Gasteiger partial charge in [-0.1, -0.05) is 37.3 Å². The molecule has 0 unspecified atom stereocenters. The number of carboxylic acids is 1. The number of furan rings is 1. The highest BCUT2D eigenvalue weighted by molar-refractivity contribution is 8.26. The first-order valence-electron chi connectivity index (χ1n) is 8.26. The molecule has 1 atom stereocenters. The number of carbonyl (C=O) groups is 2. The lowest BCUT2D eigenvalue weighted by Crippen LogP contribution is -2.43. The van der Waals surface area contributed by atoms with Crippen molar-refractivity contribution in [1.29, 1.82) is 0 Å². The van der Waals surface area contributed by atoms with Crippen molar-refractivity contribution in [2.45, 2.75) is 25.8 Å². The molecule has 0 aliphatic carbocycles. The summed E-state index contributed by atoms with van der Waals surface area (Å²) >= 11 is 6.26. The number of carboxylic acid groups (broad SMARTS) is 1. The van der Waals surface area contributed by atoms with E-state index >= 15 is 0 Å². The van der Waals surface area contributed by atoms with E-state index in [9.17, 15) is 19.1 Å². The van der Waals surface area contributed by atoms with Crippen LogP contribution in [-0.2, 0) is 9.59 Å². The van der Waals surface area contributed by atoms with Gasteiger partial charge in [0.1, 0.15) is 27.7 Å². The zero-order valence-electron chi connectivity index (χ0n) is 14.3. The van der Waals surface area contributed by atoms with Crippen molar-refractivity contribution in [3.63, 3.8) is 0 Å². The molecular formula is C19H16FNO4S2. The molecule has 0 saturated carbocycles. The Kier molecular flexibility index (Phi) is 5.76. The number of hydrogen-bond donors (Lipinski definition) is 1. The minimum atomic E-state index is -1.08. The molecule has 1 aromatic carbocycles. The van der Waals surface area contributed by atoms with Gasteiger partial charge in [0.2, 0.25) is 0 Å². The van der Waals surface area contributed by atoms with Crippen LogP contribution < -0.4 is 0 Å². The second kappa shape index (κ2) is 8.06. The molecule has 1 aromatic heterocycles. The Hall–Kier alpha value is -2.45. The van der Waals surface area contributed by atoms with E-state index in [1.807, 2.05) is 6.92 Å². The highest BCUT2D eigenvalue weighted by Crippen LogP contribution is 2.35. The Balaban J connectivity index is 1.84. The molecule has 1 fully saturated rings. The van der Waals surface area contributed by atoms with Gasteiger partial charge >= 0.3 is 5.97 Å². The molecule has 0 spiro atoms. The first-order chi connectivity index (χ1) is 12.9. The van der Waals surface area contributed by atoms with Crippen LogP contribution >= 0.6 is 24.0 Å². The van der Waals surface area contributed by atoms with Gasteiger partial charge in [-0.25, -0.2) is 9.18 Å². The Morgan fingerprint density at radius 2 is 2.04 bits per heavy atom. The third-order valence-electron chi connectivity index (χ3n) is 4.01.